The van der Waals surface area contributed by atoms with Crippen LogP contribution >= 0.6 is 0 Å². The molecule has 0 saturated carbocycles. The molecule has 0 N–H and O–H groups in total. The van der Waals surface area contributed by atoms with Gasteiger partial charge in [0, 0.05) is 0 Å². The fourth-order valence-electron chi connectivity index (χ4n) is 0.686. The van der Waals surface area contributed by atoms with Crippen LogP contribution in [0, 0.1) is 0 Å². The molecule has 0 aromatic carbocycles. The summed E-state index contributed by atoms with van der Waals surface area (Å²) in [6.07, 6.45) is -1.11. The van der Waals surface area contributed by atoms with Crippen molar-refractivity contribution in [2.75, 3.05) is 0 Å². The van der Waals surface area contributed by atoms with Crippen LogP contribution in [-0.4, -0.2) is 24.1 Å². The van der Waals surface area contributed by atoms with Gasteiger partial charge in [-0.15, -0.1) is 0 Å². The van der Waals surface area contributed by atoms with Crippen LogP contribution in [0.25, 0.3) is 0 Å². The Labute approximate surface area is 44.4 Å². The van der Waals surface area contributed by atoms with Gasteiger partial charge in [-0.1, -0.05) is 0 Å². The molecule has 8 heavy (non-hydrogen) atoms. The number of esters is 2. The van der Waals surface area contributed by atoms with Crippen LogP contribution in [0.2, 0.25) is 0 Å². The third-order valence-electron chi connectivity index (χ3n) is 1.16. The average molecular weight is 114 g/mol. The van der Waals surface area contributed by atoms with Crippen molar-refractivity contribution in [1.29, 1.82) is 0 Å². The van der Waals surface area contributed by atoms with E-state index >= 15 is 0 Å². The van der Waals surface area contributed by atoms with E-state index in [2.05, 4.69) is 9.47 Å². The molecule has 4 nitrogen and oxygen atoms in total. The number of carbonyl (C=O) groups is 2. The maximum Gasteiger partial charge on any atom is 0.346 e. The van der Waals surface area contributed by atoms with Crippen molar-refractivity contribution < 1.29 is 19.1 Å². The minimum atomic E-state index is -0.553. The molecule has 2 atom stereocenters. The van der Waals surface area contributed by atoms with Crippen molar-refractivity contribution in [3.05, 3.63) is 0 Å². The number of cyclic esters (lactones) is 2. The molecule has 2 aliphatic rings. The van der Waals surface area contributed by atoms with E-state index in [0.717, 1.165) is 0 Å². The van der Waals surface area contributed by atoms with Gasteiger partial charge in [0.15, 0.2) is 12.2 Å². The molecule has 0 radical (unpaired) electrons. The van der Waals surface area contributed by atoms with E-state index in [1.54, 1.807) is 0 Å². The average Bonchev–Trinajstić information content (AvgIpc) is 2.35. The normalized spacial score (nSPS) is 41.5. The summed E-state index contributed by atoms with van der Waals surface area (Å²) < 4.78 is 8.67. The quantitative estimate of drug-likeness (QED) is 0.226. The molecule has 0 aliphatic carbocycles. The molecule has 2 fully saturated rings. The lowest BCUT2D eigenvalue weighted by atomic mass is 10.4. The van der Waals surface area contributed by atoms with Gasteiger partial charge < -0.3 is 9.47 Å². The summed E-state index contributed by atoms with van der Waals surface area (Å²) in [5.74, 6) is -1.08. The number of hydrogen-bond donors (Lipinski definition) is 0. The first-order valence-electron chi connectivity index (χ1n) is 2.20. The molecule has 2 aliphatic heterocycles. The van der Waals surface area contributed by atoms with Crippen LogP contribution < -0.4 is 0 Å². The Bertz CT molecular complexity index is 155. The summed E-state index contributed by atoms with van der Waals surface area (Å²) in [7, 11) is 0. The van der Waals surface area contributed by atoms with Crippen molar-refractivity contribution in [3.8, 4) is 0 Å². The van der Waals surface area contributed by atoms with E-state index in [4.69, 9.17) is 0 Å². The van der Waals surface area contributed by atoms with Gasteiger partial charge in [0.05, 0.1) is 0 Å². The molecule has 0 bridgehead atoms. The number of hydrogen-bond acceptors (Lipinski definition) is 4. The van der Waals surface area contributed by atoms with Crippen molar-refractivity contribution in [2.45, 2.75) is 12.2 Å². The highest BCUT2D eigenvalue weighted by atomic mass is 16.7. The number of rotatable bonds is 0. The van der Waals surface area contributed by atoms with Gasteiger partial charge in [-0.2, -0.15) is 0 Å². The summed E-state index contributed by atoms with van der Waals surface area (Å²) in [4.78, 5) is 20.5. The van der Waals surface area contributed by atoms with E-state index in [1.807, 2.05) is 0 Å². The van der Waals surface area contributed by atoms with Crippen molar-refractivity contribution in [1.82, 2.24) is 0 Å². The Morgan fingerprint density at radius 2 is 1.62 bits per heavy atom. The molecule has 0 aromatic heterocycles. The first-order valence-corrected chi connectivity index (χ1v) is 2.20. The topological polar surface area (TPSA) is 55.9 Å². The smallest absolute Gasteiger partial charge is 0.346 e. The summed E-state index contributed by atoms with van der Waals surface area (Å²) in [6, 6.07) is 0. The van der Waals surface area contributed by atoms with E-state index in [1.165, 1.54) is 0 Å². The van der Waals surface area contributed by atoms with Gasteiger partial charge in [-0.3, -0.25) is 0 Å². The highest BCUT2D eigenvalue weighted by molar-refractivity contribution is 6.03. The number of ether oxygens (including phenoxy) is 2. The zero-order valence-corrected chi connectivity index (χ0v) is 3.79. The van der Waals surface area contributed by atoms with Crippen molar-refractivity contribution >= 4 is 11.9 Å². The second-order valence-electron chi connectivity index (χ2n) is 1.72. The molecule has 2 rings (SSSR count). The minimum absolute atomic E-state index is 0.542. The molecule has 42 valence electrons. The first-order chi connectivity index (χ1) is 3.79. The zero-order chi connectivity index (χ0) is 5.72. The number of carbonyl (C=O) groups excluding carboxylic acids is 2. The second kappa shape index (κ2) is 0.925. The fraction of sp³-hybridized carbons (Fsp3) is 0.500. The van der Waals surface area contributed by atoms with Gasteiger partial charge in [-0.05, 0) is 0 Å². The Balaban J connectivity index is 2.31. The highest BCUT2D eigenvalue weighted by Crippen LogP contribution is 2.30. The first kappa shape index (κ1) is 4.03. The van der Waals surface area contributed by atoms with Crippen LogP contribution in [0.5, 0.6) is 0 Å². The summed E-state index contributed by atoms with van der Waals surface area (Å²) >= 11 is 0. The maximum atomic E-state index is 10.3. The van der Waals surface area contributed by atoms with Gasteiger partial charge in [0.25, 0.3) is 0 Å². The summed E-state index contributed by atoms with van der Waals surface area (Å²) in [6.45, 7) is 0. The third-order valence-corrected chi connectivity index (χ3v) is 1.16. The van der Waals surface area contributed by atoms with Crippen LogP contribution in [0.3, 0.4) is 0 Å². The Morgan fingerprint density at radius 1 is 1.12 bits per heavy atom. The standard InChI is InChI=1S/C4H2O4/c5-3-1-2(7-1)4(6)8-3/h1-2H/t1-,2-/m1/s1. The lowest BCUT2D eigenvalue weighted by molar-refractivity contribution is -0.159. The van der Waals surface area contributed by atoms with Gasteiger partial charge in [0.2, 0.25) is 0 Å². The summed E-state index contributed by atoms with van der Waals surface area (Å²) in [5.41, 5.74) is 0. The SMILES string of the molecule is O=C1OC(=O)[C@@H]2O[C@@H]12. The van der Waals surface area contributed by atoms with E-state index in [-0.39, 0.29) is 0 Å². The van der Waals surface area contributed by atoms with Crippen LogP contribution in [-0.2, 0) is 19.1 Å². The molecule has 0 spiro atoms. The Kier molecular flexibility index (Phi) is 0.465. The van der Waals surface area contributed by atoms with Crippen LogP contribution in [0.4, 0.5) is 0 Å². The lowest BCUT2D eigenvalue weighted by Crippen LogP contribution is -2.07. The summed E-state index contributed by atoms with van der Waals surface area (Å²) in [5, 5.41) is 0. The largest absolute Gasteiger partial charge is 0.389 e. The van der Waals surface area contributed by atoms with Crippen LogP contribution in [0.15, 0.2) is 0 Å². The molecular weight excluding hydrogens is 112 g/mol. The second-order valence-corrected chi connectivity index (χ2v) is 1.72. The van der Waals surface area contributed by atoms with E-state index in [0.29, 0.717) is 0 Å². The lowest BCUT2D eigenvalue weighted by Gasteiger charge is -1.87. The molecule has 2 saturated heterocycles. The molecule has 0 unspecified atom stereocenters. The monoisotopic (exact) mass is 114 g/mol. The Hall–Kier alpha value is -0.900. The predicted octanol–water partition coefficient (Wildman–Crippen LogP) is -1.16. The zero-order valence-electron chi connectivity index (χ0n) is 3.79. The maximum absolute atomic E-state index is 10.3. The minimum Gasteiger partial charge on any atom is -0.389 e. The van der Waals surface area contributed by atoms with Gasteiger partial charge >= 0.3 is 11.9 Å². The molecule has 4 heteroatoms. The molecule has 0 aromatic rings. The highest BCUT2D eigenvalue weighted by Gasteiger charge is 2.59. The molecule has 0 amide bonds. The molecular formula is C4H2O4. The van der Waals surface area contributed by atoms with Crippen LogP contribution in [0.1, 0.15) is 0 Å². The van der Waals surface area contributed by atoms with Gasteiger partial charge in [0.1, 0.15) is 0 Å². The van der Waals surface area contributed by atoms with E-state index < -0.39 is 24.1 Å². The molecule has 2 heterocycles. The van der Waals surface area contributed by atoms with Gasteiger partial charge in [-0.25, -0.2) is 9.59 Å². The van der Waals surface area contributed by atoms with Crippen molar-refractivity contribution in [2.24, 2.45) is 0 Å². The third kappa shape index (κ3) is 0.293. The Morgan fingerprint density at radius 3 is 1.75 bits per heavy atom. The fourth-order valence-corrected chi connectivity index (χ4v) is 0.686. The number of epoxide rings is 1. The number of fused-ring (bicyclic) bond motifs is 1. The van der Waals surface area contributed by atoms with Crippen molar-refractivity contribution in [3.63, 3.8) is 0 Å². The predicted molar refractivity (Wildman–Crippen MR) is 19.8 cm³/mol. The van der Waals surface area contributed by atoms with E-state index in [9.17, 15) is 9.59 Å².